The molecular weight excluding hydrogens is 862 g/mol. The van der Waals surface area contributed by atoms with Crippen LogP contribution in [0.1, 0.15) is 9.81 Å². The zero-order valence-electron chi connectivity index (χ0n) is 39.4. The van der Waals surface area contributed by atoms with Crippen molar-refractivity contribution in [2.75, 3.05) is 28.4 Å². The average Bonchev–Trinajstić information content (AvgIpc) is 4.00. The number of hydrogen-bond donors (Lipinski definition) is 0. The number of benzene rings is 2. The Bertz CT molecular complexity index is 3840. The molecule has 0 radical (unpaired) electrons. The highest BCUT2D eigenvalue weighted by molar-refractivity contribution is 6.07. The fraction of sp³-hybridized carbons (Fsp3) is 0.200. The maximum absolute atomic E-state index is 15.2. The van der Waals surface area contributed by atoms with Crippen LogP contribution < -0.4 is 30.3 Å². The molecule has 0 aliphatic rings. The number of rotatable bonds is 8. The quantitative estimate of drug-likeness (QED) is 0.171. The first-order valence-electron chi connectivity index (χ1n) is 21.2. The third kappa shape index (κ3) is 6.65. The monoisotopic (exact) mass is 903 g/mol. The predicted molar refractivity (Wildman–Crippen MR) is 238 cm³/mol. The van der Waals surface area contributed by atoms with Crippen LogP contribution in [0.5, 0.6) is 23.0 Å². The van der Waals surface area contributed by atoms with E-state index in [1.165, 1.54) is 71.5 Å². The Balaban J connectivity index is 0.000000172. The standard InChI is InChI=1S/C23H21FN6O3.C22H18F2N6O3/c1-12-15(11-28(2)27-12)13-6-14-17(7-19(13)32-4)26-9-18-21(14)30(23(31)29(18)3)22-16(24)8-25-10-20(22)33-5;1-28-10-13(21(24)27-28)11-5-12-15(6-17(11)32-3)26-8-16-19(12)30(22(31)29(16)2)20-14(23)7-25-9-18(20)33-4/h6-11H,1-5H3;5-10H,1-4H3/i5D3;. The van der Waals surface area contributed by atoms with E-state index in [0.717, 1.165) is 34.4 Å². The summed E-state index contributed by atoms with van der Waals surface area (Å²) in [6.45, 7) is 1.86. The molecule has 0 amide bonds. The lowest BCUT2D eigenvalue weighted by atomic mass is 10.0. The molecule has 336 valence electrons. The predicted octanol–water partition coefficient (Wildman–Crippen LogP) is 6.11. The van der Waals surface area contributed by atoms with Gasteiger partial charge in [-0.2, -0.15) is 9.49 Å². The van der Waals surface area contributed by atoms with E-state index in [-0.39, 0.29) is 22.7 Å². The smallest absolute Gasteiger partial charge is 0.333 e. The Labute approximate surface area is 375 Å². The second-order valence-corrected chi connectivity index (χ2v) is 15.0. The van der Waals surface area contributed by atoms with Crippen molar-refractivity contribution in [1.82, 2.24) is 57.8 Å². The Morgan fingerprint density at radius 1 is 0.561 bits per heavy atom. The topological polar surface area (TPSA) is 178 Å². The molecule has 0 aliphatic heterocycles. The lowest BCUT2D eigenvalue weighted by molar-refractivity contribution is 0.406. The van der Waals surface area contributed by atoms with Gasteiger partial charge in [-0.15, -0.1) is 5.10 Å². The van der Waals surface area contributed by atoms with E-state index in [9.17, 15) is 18.4 Å². The van der Waals surface area contributed by atoms with Gasteiger partial charge in [-0.05, 0) is 19.1 Å². The molecule has 18 nitrogen and oxygen atoms in total. The fourth-order valence-corrected chi connectivity index (χ4v) is 8.21. The molecule has 2 aromatic carbocycles. The number of nitrogens with zero attached hydrogens (tertiary/aromatic N) is 12. The number of fused-ring (bicyclic) bond motifs is 6. The molecule has 0 spiro atoms. The summed E-state index contributed by atoms with van der Waals surface area (Å²) in [7, 11) is 7.97. The summed E-state index contributed by atoms with van der Waals surface area (Å²) < 4.78 is 96.5. The van der Waals surface area contributed by atoms with E-state index < -0.39 is 41.7 Å². The van der Waals surface area contributed by atoms with Crippen LogP contribution in [0.4, 0.5) is 13.2 Å². The van der Waals surface area contributed by atoms with Crippen molar-refractivity contribution in [3.8, 4) is 56.6 Å². The number of aromatic nitrogens is 12. The van der Waals surface area contributed by atoms with Crippen LogP contribution >= 0.6 is 0 Å². The first kappa shape index (κ1) is 39.1. The number of ether oxygens (including phenoxy) is 4. The highest BCUT2D eigenvalue weighted by atomic mass is 19.1. The number of pyridine rings is 4. The van der Waals surface area contributed by atoms with Gasteiger partial charge in [-0.3, -0.25) is 47.6 Å². The van der Waals surface area contributed by atoms with Gasteiger partial charge in [0.15, 0.2) is 23.1 Å². The van der Waals surface area contributed by atoms with Gasteiger partial charge in [-0.1, -0.05) is 0 Å². The average molecular weight is 904 g/mol. The Hall–Kier alpha value is -8.49. The number of hydrogen-bond acceptors (Lipinski definition) is 12. The molecule has 66 heavy (non-hydrogen) atoms. The summed E-state index contributed by atoms with van der Waals surface area (Å²) in [5, 5.41) is 9.18. The van der Waals surface area contributed by atoms with E-state index in [1.807, 2.05) is 13.1 Å². The van der Waals surface area contributed by atoms with Crippen LogP contribution in [0.2, 0.25) is 0 Å². The summed E-state index contributed by atoms with van der Waals surface area (Å²) in [6.07, 6.45) is 10.7. The van der Waals surface area contributed by atoms with Gasteiger partial charge in [0, 0.05) is 80.2 Å². The van der Waals surface area contributed by atoms with E-state index in [1.54, 1.807) is 50.1 Å². The van der Waals surface area contributed by atoms with Crippen molar-refractivity contribution in [2.24, 2.45) is 28.2 Å². The minimum Gasteiger partial charge on any atom is -0.496 e. The van der Waals surface area contributed by atoms with E-state index in [0.29, 0.717) is 66.5 Å². The molecule has 0 bridgehead atoms. The minimum absolute atomic E-state index is 0.0828. The molecule has 21 heteroatoms. The van der Waals surface area contributed by atoms with Crippen molar-refractivity contribution in [1.29, 1.82) is 0 Å². The lowest BCUT2D eigenvalue weighted by Crippen LogP contribution is -2.22. The zero-order valence-corrected chi connectivity index (χ0v) is 36.4. The molecule has 0 unspecified atom stereocenters. The molecule has 8 heterocycles. The molecule has 0 saturated heterocycles. The summed E-state index contributed by atoms with van der Waals surface area (Å²) in [4.78, 5) is 43.1. The molecule has 8 aromatic heterocycles. The molecule has 10 aromatic rings. The molecular formula is C45H39F3N12O6. The summed E-state index contributed by atoms with van der Waals surface area (Å²) in [5.41, 5.74) is 3.83. The van der Waals surface area contributed by atoms with E-state index in [4.69, 9.17) is 23.1 Å². The maximum atomic E-state index is 15.2. The van der Waals surface area contributed by atoms with Gasteiger partial charge < -0.3 is 18.9 Å². The lowest BCUT2D eigenvalue weighted by Gasteiger charge is -2.13. The largest absolute Gasteiger partial charge is 0.496 e. The summed E-state index contributed by atoms with van der Waals surface area (Å²) >= 11 is 0. The summed E-state index contributed by atoms with van der Waals surface area (Å²) in [5.74, 6) is -1.74. The van der Waals surface area contributed by atoms with Crippen LogP contribution in [-0.2, 0) is 28.2 Å². The van der Waals surface area contributed by atoms with Crippen molar-refractivity contribution in [3.05, 3.63) is 118 Å². The SMILES string of the molecule is COc1cc2ncc3c(c2cc1-c1cn(C)nc1F)n(-c1c(F)cncc1OC)c(=O)n3C.[2H]C([2H])([2H])Oc1cncc(F)c1-n1c(=O)n(C)c2cnc3cc(OC)c(-c4cn(C)nc4C)cc3c21. The molecule has 0 saturated carbocycles. The summed E-state index contributed by atoms with van der Waals surface area (Å²) in [6, 6.07) is 6.82. The van der Waals surface area contributed by atoms with Gasteiger partial charge >= 0.3 is 11.4 Å². The first-order valence-corrected chi connectivity index (χ1v) is 19.7. The molecule has 0 atom stereocenters. The zero-order chi connectivity index (χ0) is 49.4. The number of imidazole rings is 2. The van der Waals surface area contributed by atoms with Gasteiger partial charge in [0.05, 0.1) is 114 Å². The molecule has 0 fully saturated rings. The second-order valence-electron chi connectivity index (χ2n) is 15.0. The Kier molecular flexibility index (Phi) is 9.63. The number of methoxy groups -OCH3 is 4. The van der Waals surface area contributed by atoms with Crippen LogP contribution in [0.15, 0.2) is 83.4 Å². The first-order chi connectivity index (χ1) is 32.8. The molecule has 0 N–H and O–H groups in total. The van der Waals surface area contributed by atoms with Crippen LogP contribution in [0.25, 0.3) is 77.5 Å². The highest BCUT2D eigenvalue weighted by Crippen LogP contribution is 2.40. The molecule has 0 aliphatic carbocycles. The maximum Gasteiger partial charge on any atom is 0.333 e. The molecule has 10 rings (SSSR count). The van der Waals surface area contributed by atoms with Crippen LogP contribution in [0, 0.1) is 24.5 Å². The van der Waals surface area contributed by atoms with Crippen molar-refractivity contribution in [2.45, 2.75) is 6.92 Å². The second kappa shape index (κ2) is 16.3. The number of halogens is 3. The third-order valence-corrected chi connectivity index (χ3v) is 11.2. The van der Waals surface area contributed by atoms with Crippen molar-refractivity contribution >= 4 is 43.9 Å². The third-order valence-electron chi connectivity index (χ3n) is 11.2. The van der Waals surface area contributed by atoms with E-state index in [2.05, 4.69) is 30.1 Å². The van der Waals surface area contributed by atoms with Crippen LogP contribution in [0.3, 0.4) is 0 Å². The van der Waals surface area contributed by atoms with Crippen molar-refractivity contribution < 1.29 is 36.2 Å². The normalized spacial score (nSPS) is 12.3. The number of aryl methyl sites for hydroxylation is 5. The van der Waals surface area contributed by atoms with Gasteiger partial charge in [0.2, 0.25) is 5.95 Å². The Morgan fingerprint density at radius 2 is 1.02 bits per heavy atom. The van der Waals surface area contributed by atoms with Crippen molar-refractivity contribution in [3.63, 3.8) is 0 Å². The van der Waals surface area contributed by atoms with Gasteiger partial charge in [0.1, 0.15) is 22.9 Å². The van der Waals surface area contributed by atoms with Gasteiger partial charge in [-0.25, -0.2) is 18.4 Å². The van der Waals surface area contributed by atoms with E-state index >= 15 is 4.39 Å². The minimum atomic E-state index is -2.89. The Morgan fingerprint density at radius 3 is 1.44 bits per heavy atom. The van der Waals surface area contributed by atoms with Crippen LogP contribution in [-0.4, -0.2) is 86.1 Å². The highest BCUT2D eigenvalue weighted by Gasteiger charge is 2.26. The van der Waals surface area contributed by atoms with Gasteiger partial charge in [0.25, 0.3) is 0 Å². The fourth-order valence-electron chi connectivity index (χ4n) is 8.21.